The van der Waals surface area contributed by atoms with Crippen molar-refractivity contribution < 1.29 is 9.52 Å². The first kappa shape index (κ1) is 13.8. The summed E-state index contributed by atoms with van der Waals surface area (Å²) in [7, 11) is 0. The van der Waals surface area contributed by atoms with E-state index in [1.807, 2.05) is 24.3 Å². The number of hydrogen-bond acceptors (Lipinski definition) is 4. The van der Waals surface area contributed by atoms with E-state index in [1.165, 1.54) is 0 Å². The fourth-order valence-corrected chi connectivity index (χ4v) is 2.89. The lowest BCUT2D eigenvalue weighted by Gasteiger charge is -2.20. The molecule has 1 saturated heterocycles. The second-order valence-electron chi connectivity index (χ2n) is 5.10. The van der Waals surface area contributed by atoms with Gasteiger partial charge < -0.3 is 9.52 Å². The highest BCUT2D eigenvalue weighted by molar-refractivity contribution is 9.10. The van der Waals surface area contributed by atoms with E-state index in [2.05, 4.69) is 25.8 Å². The molecular weight excluding hydrogens is 320 g/mol. The molecule has 3 rings (SSSR count). The van der Waals surface area contributed by atoms with Crippen molar-refractivity contribution in [2.75, 3.05) is 13.2 Å². The van der Waals surface area contributed by atoms with Crippen LogP contribution in [0.3, 0.4) is 0 Å². The van der Waals surface area contributed by atoms with E-state index >= 15 is 0 Å². The normalized spacial score (nSPS) is 19.6. The zero-order valence-corrected chi connectivity index (χ0v) is 12.7. The van der Waals surface area contributed by atoms with Crippen LogP contribution in [0.4, 0.5) is 0 Å². The molecule has 2 aromatic rings. The molecule has 0 aliphatic carbocycles. The summed E-state index contributed by atoms with van der Waals surface area (Å²) in [6.45, 7) is 1.98. The lowest BCUT2D eigenvalue weighted by Crippen LogP contribution is -2.31. The van der Waals surface area contributed by atoms with Gasteiger partial charge in [0.2, 0.25) is 5.89 Å². The van der Waals surface area contributed by atoms with E-state index in [-0.39, 0.29) is 12.6 Å². The topological polar surface area (TPSA) is 49.5 Å². The maximum Gasteiger partial charge on any atom is 0.226 e. The highest BCUT2D eigenvalue weighted by Gasteiger charge is 2.24. The average molecular weight is 337 g/mol. The number of benzene rings is 1. The third kappa shape index (κ3) is 2.95. The van der Waals surface area contributed by atoms with E-state index in [0.717, 1.165) is 41.7 Å². The Hall–Kier alpha value is -1.17. The zero-order chi connectivity index (χ0) is 13.9. The van der Waals surface area contributed by atoms with Crippen LogP contribution in [0.5, 0.6) is 0 Å². The third-order valence-corrected chi connectivity index (χ3v) is 4.25. The summed E-state index contributed by atoms with van der Waals surface area (Å²) < 4.78 is 6.59. The number of rotatable bonds is 4. The standard InChI is InChI=1S/C15H17BrN2O2/c16-12-5-3-11(4-6-12)15-17-13(10-20-15)8-18-7-1-2-14(18)9-19/h3-6,10,14,19H,1-2,7-9H2/t14-/m1/s1. The zero-order valence-electron chi connectivity index (χ0n) is 11.1. The van der Waals surface area contributed by atoms with Crippen LogP contribution in [0.1, 0.15) is 18.5 Å². The van der Waals surface area contributed by atoms with Crippen molar-refractivity contribution in [2.24, 2.45) is 0 Å². The molecule has 1 atom stereocenters. The van der Waals surface area contributed by atoms with Gasteiger partial charge >= 0.3 is 0 Å². The average Bonchev–Trinajstić information content (AvgIpc) is 3.09. The highest BCUT2D eigenvalue weighted by Crippen LogP contribution is 2.23. The molecule has 1 aliphatic heterocycles. The first-order valence-electron chi connectivity index (χ1n) is 6.81. The molecule has 1 aliphatic rings. The Morgan fingerprint density at radius 3 is 2.90 bits per heavy atom. The van der Waals surface area contributed by atoms with Crippen molar-refractivity contribution in [2.45, 2.75) is 25.4 Å². The van der Waals surface area contributed by atoms with Gasteiger partial charge in [-0.3, -0.25) is 4.90 Å². The van der Waals surface area contributed by atoms with Gasteiger partial charge in [-0.1, -0.05) is 15.9 Å². The monoisotopic (exact) mass is 336 g/mol. The van der Waals surface area contributed by atoms with Gasteiger partial charge in [-0.05, 0) is 43.7 Å². The number of likely N-dealkylation sites (tertiary alicyclic amines) is 1. The number of hydrogen-bond donors (Lipinski definition) is 1. The Morgan fingerprint density at radius 1 is 1.35 bits per heavy atom. The summed E-state index contributed by atoms with van der Waals surface area (Å²) in [5.74, 6) is 0.646. The fraction of sp³-hybridized carbons (Fsp3) is 0.400. The number of aliphatic hydroxyl groups excluding tert-OH is 1. The highest BCUT2D eigenvalue weighted by atomic mass is 79.9. The largest absolute Gasteiger partial charge is 0.444 e. The van der Waals surface area contributed by atoms with Crippen LogP contribution in [0.15, 0.2) is 39.4 Å². The molecule has 0 bridgehead atoms. The van der Waals surface area contributed by atoms with Crippen LogP contribution >= 0.6 is 15.9 Å². The minimum absolute atomic E-state index is 0.220. The van der Waals surface area contributed by atoms with Crippen LogP contribution in [-0.2, 0) is 6.54 Å². The minimum Gasteiger partial charge on any atom is -0.444 e. The van der Waals surface area contributed by atoms with Crippen molar-refractivity contribution in [3.05, 3.63) is 40.7 Å². The molecule has 0 amide bonds. The predicted molar refractivity (Wildman–Crippen MR) is 80.2 cm³/mol. The predicted octanol–water partition coefficient (Wildman–Crippen LogP) is 3.06. The molecule has 0 spiro atoms. The Bertz CT molecular complexity index is 568. The lowest BCUT2D eigenvalue weighted by molar-refractivity contribution is 0.152. The van der Waals surface area contributed by atoms with E-state index in [0.29, 0.717) is 5.89 Å². The smallest absolute Gasteiger partial charge is 0.226 e. The van der Waals surface area contributed by atoms with Crippen molar-refractivity contribution >= 4 is 15.9 Å². The Labute approximate surface area is 126 Å². The molecule has 0 radical (unpaired) electrons. The SMILES string of the molecule is OC[C@H]1CCCN1Cc1coc(-c2ccc(Br)cc2)n1. The number of oxazole rings is 1. The summed E-state index contributed by atoms with van der Waals surface area (Å²) in [6, 6.07) is 8.17. The molecule has 0 unspecified atom stereocenters. The number of halogens is 1. The molecule has 2 heterocycles. The van der Waals surface area contributed by atoms with Gasteiger partial charge in [0.1, 0.15) is 6.26 Å². The molecular formula is C15H17BrN2O2. The summed E-state index contributed by atoms with van der Waals surface area (Å²) in [6.07, 6.45) is 3.92. The summed E-state index contributed by atoms with van der Waals surface area (Å²) in [4.78, 5) is 6.80. The molecule has 1 aromatic heterocycles. The second kappa shape index (κ2) is 6.08. The van der Waals surface area contributed by atoms with Gasteiger partial charge in [-0.25, -0.2) is 4.98 Å². The molecule has 1 N–H and O–H groups in total. The van der Waals surface area contributed by atoms with Gasteiger partial charge in [0.25, 0.3) is 0 Å². The van der Waals surface area contributed by atoms with E-state index in [9.17, 15) is 5.11 Å². The van der Waals surface area contributed by atoms with Crippen molar-refractivity contribution in [1.29, 1.82) is 0 Å². The first-order chi connectivity index (χ1) is 9.76. The number of aliphatic hydroxyl groups is 1. The van der Waals surface area contributed by atoms with E-state index in [4.69, 9.17) is 4.42 Å². The Balaban J connectivity index is 1.72. The van der Waals surface area contributed by atoms with E-state index < -0.39 is 0 Å². The minimum atomic E-state index is 0.220. The summed E-state index contributed by atoms with van der Waals surface area (Å²) in [5, 5.41) is 9.33. The van der Waals surface area contributed by atoms with Crippen molar-refractivity contribution in [3.8, 4) is 11.5 Å². The molecule has 1 fully saturated rings. The van der Waals surface area contributed by atoms with Crippen LogP contribution in [0.2, 0.25) is 0 Å². The Morgan fingerprint density at radius 2 is 2.15 bits per heavy atom. The van der Waals surface area contributed by atoms with Gasteiger partial charge in [0, 0.05) is 22.6 Å². The Kier molecular flexibility index (Phi) is 4.19. The van der Waals surface area contributed by atoms with Gasteiger partial charge in [-0.15, -0.1) is 0 Å². The molecule has 5 heteroatoms. The summed E-state index contributed by atoms with van der Waals surface area (Å²) >= 11 is 3.41. The first-order valence-corrected chi connectivity index (χ1v) is 7.61. The van der Waals surface area contributed by atoms with Crippen molar-refractivity contribution in [1.82, 2.24) is 9.88 Å². The van der Waals surface area contributed by atoms with Crippen LogP contribution < -0.4 is 0 Å². The molecule has 20 heavy (non-hydrogen) atoms. The third-order valence-electron chi connectivity index (χ3n) is 3.72. The van der Waals surface area contributed by atoms with Crippen LogP contribution in [-0.4, -0.2) is 34.2 Å². The maximum atomic E-state index is 9.33. The van der Waals surface area contributed by atoms with Gasteiger partial charge in [-0.2, -0.15) is 0 Å². The molecule has 4 nitrogen and oxygen atoms in total. The van der Waals surface area contributed by atoms with Crippen LogP contribution in [0.25, 0.3) is 11.5 Å². The number of nitrogens with zero attached hydrogens (tertiary/aromatic N) is 2. The number of aromatic nitrogens is 1. The second-order valence-corrected chi connectivity index (χ2v) is 6.02. The van der Waals surface area contributed by atoms with Gasteiger partial charge in [0.15, 0.2) is 0 Å². The molecule has 1 aromatic carbocycles. The summed E-state index contributed by atoms with van der Waals surface area (Å²) in [5.41, 5.74) is 1.89. The fourth-order valence-electron chi connectivity index (χ4n) is 2.62. The van der Waals surface area contributed by atoms with Crippen LogP contribution in [0, 0.1) is 0 Å². The van der Waals surface area contributed by atoms with E-state index in [1.54, 1.807) is 6.26 Å². The molecule has 0 saturated carbocycles. The lowest BCUT2D eigenvalue weighted by atomic mass is 10.2. The van der Waals surface area contributed by atoms with Gasteiger partial charge in [0.05, 0.1) is 12.3 Å². The van der Waals surface area contributed by atoms with Crippen molar-refractivity contribution in [3.63, 3.8) is 0 Å². The molecule has 106 valence electrons. The quantitative estimate of drug-likeness (QED) is 0.932. The maximum absolute atomic E-state index is 9.33.